The van der Waals surface area contributed by atoms with Gasteiger partial charge in [0.15, 0.2) is 0 Å². The van der Waals surface area contributed by atoms with Crippen molar-refractivity contribution in [2.45, 2.75) is 39.2 Å². The molecule has 0 aromatic heterocycles. The molecule has 0 aromatic rings. The first kappa shape index (κ1) is 12.9. The van der Waals surface area contributed by atoms with Crippen molar-refractivity contribution < 1.29 is 8.42 Å². The maximum atomic E-state index is 11.8. The first-order valence-electron chi connectivity index (χ1n) is 5.55. The Morgan fingerprint density at radius 2 is 1.87 bits per heavy atom. The predicted molar refractivity (Wildman–Crippen MR) is 62.3 cm³/mol. The number of hydrogen-bond acceptors (Lipinski definition) is 3. The summed E-state index contributed by atoms with van der Waals surface area (Å²) < 4.78 is 26.4. The van der Waals surface area contributed by atoms with Crippen LogP contribution in [0.25, 0.3) is 0 Å². The van der Waals surface area contributed by atoms with Gasteiger partial charge in [-0.15, -0.1) is 0 Å². The van der Waals surface area contributed by atoms with Crippen molar-refractivity contribution in [1.82, 2.24) is 10.0 Å². The normalized spacial score (nSPS) is 21.9. The zero-order valence-electron chi connectivity index (χ0n) is 9.84. The molecule has 0 bridgehead atoms. The lowest BCUT2D eigenvalue weighted by Crippen LogP contribution is -2.53. The summed E-state index contributed by atoms with van der Waals surface area (Å²) in [7, 11) is -3.12. The highest BCUT2D eigenvalue weighted by atomic mass is 32.2. The predicted octanol–water partition coefficient (Wildman–Crippen LogP) is 0.704. The van der Waals surface area contributed by atoms with Gasteiger partial charge < -0.3 is 5.32 Å². The van der Waals surface area contributed by atoms with Gasteiger partial charge in [0.05, 0.1) is 5.75 Å². The Hall–Kier alpha value is -0.130. The van der Waals surface area contributed by atoms with Gasteiger partial charge in [-0.05, 0) is 38.8 Å². The van der Waals surface area contributed by atoms with E-state index in [-0.39, 0.29) is 17.2 Å². The minimum Gasteiger partial charge on any atom is -0.317 e. The van der Waals surface area contributed by atoms with Gasteiger partial charge in [0, 0.05) is 5.54 Å². The molecule has 5 heteroatoms. The molecule has 1 saturated heterocycles. The van der Waals surface area contributed by atoms with Crippen molar-refractivity contribution in [2.24, 2.45) is 5.92 Å². The maximum Gasteiger partial charge on any atom is 0.212 e. The summed E-state index contributed by atoms with van der Waals surface area (Å²) in [5, 5.41) is 3.23. The summed E-state index contributed by atoms with van der Waals surface area (Å²) in [6.07, 6.45) is 1.73. The molecule has 0 spiro atoms. The standard InChI is InChI=1S/C10H22N2O2S/c1-9(2)8-15(13,14)12-10(3)4-6-11-7-5-10/h9,11-12H,4-8H2,1-3H3. The Morgan fingerprint density at radius 3 is 2.33 bits per heavy atom. The quantitative estimate of drug-likeness (QED) is 0.753. The van der Waals surface area contributed by atoms with Crippen LogP contribution in [0.5, 0.6) is 0 Å². The van der Waals surface area contributed by atoms with Crippen LogP contribution in [0.1, 0.15) is 33.6 Å². The van der Waals surface area contributed by atoms with Gasteiger partial charge in [-0.2, -0.15) is 0 Å². The van der Waals surface area contributed by atoms with Crippen molar-refractivity contribution in [3.05, 3.63) is 0 Å². The second kappa shape index (κ2) is 4.80. The third kappa shape index (κ3) is 4.49. The highest BCUT2D eigenvalue weighted by Gasteiger charge is 2.31. The summed E-state index contributed by atoms with van der Waals surface area (Å²) in [5.41, 5.74) is -0.251. The van der Waals surface area contributed by atoms with Gasteiger partial charge in [-0.3, -0.25) is 0 Å². The van der Waals surface area contributed by atoms with Gasteiger partial charge in [-0.1, -0.05) is 13.8 Å². The van der Waals surface area contributed by atoms with E-state index in [1.54, 1.807) is 0 Å². The second-order valence-electron chi connectivity index (χ2n) is 5.09. The highest BCUT2D eigenvalue weighted by molar-refractivity contribution is 7.89. The molecule has 1 fully saturated rings. The summed E-state index contributed by atoms with van der Waals surface area (Å²) in [6.45, 7) is 7.61. The number of piperidine rings is 1. The molecule has 1 rings (SSSR count). The SMILES string of the molecule is CC(C)CS(=O)(=O)NC1(C)CCNCC1. The lowest BCUT2D eigenvalue weighted by atomic mass is 9.92. The smallest absolute Gasteiger partial charge is 0.212 e. The molecule has 0 atom stereocenters. The number of nitrogens with one attached hydrogen (secondary N) is 2. The zero-order valence-corrected chi connectivity index (χ0v) is 10.7. The molecular weight excluding hydrogens is 212 g/mol. The molecule has 0 amide bonds. The van der Waals surface area contributed by atoms with E-state index in [0.29, 0.717) is 0 Å². The van der Waals surface area contributed by atoms with Crippen molar-refractivity contribution in [2.75, 3.05) is 18.8 Å². The molecule has 0 aromatic carbocycles. The third-order valence-electron chi connectivity index (χ3n) is 2.66. The second-order valence-corrected chi connectivity index (χ2v) is 6.85. The summed E-state index contributed by atoms with van der Waals surface area (Å²) >= 11 is 0. The Labute approximate surface area is 92.9 Å². The molecule has 0 aliphatic carbocycles. The van der Waals surface area contributed by atoms with Crippen LogP contribution < -0.4 is 10.0 Å². The average molecular weight is 234 g/mol. The minimum absolute atomic E-state index is 0.174. The van der Waals surface area contributed by atoms with E-state index in [2.05, 4.69) is 10.0 Å². The van der Waals surface area contributed by atoms with Crippen molar-refractivity contribution in [3.8, 4) is 0 Å². The van der Waals surface area contributed by atoms with Crippen LogP contribution >= 0.6 is 0 Å². The lowest BCUT2D eigenvalue weighted by Gasteiger charge is -2.34. The van der Waals surface area contributed by atoms with E-state index in [1.165, 1.54) is 0 Å². The van der Waals surface area contributed by atoms with E-state index in [4.69, 9.17) is 0 Å². The molecule has 1 aliphatic heterocycles. The summed E-state index contributed by atoms with van der Waals surface area (Å²) in [4.78, 5) is 0. The van der Waals surface area contributed by atoms with Crippen LogP contribution in [0, 0.1) is 5.92 Å². The maximum absolute atomic E-state index is 11.8. The molecular formula is C10H22N2O2S. The zero-order chi connectivity index (χ0) is 11.5. The van der Waals surface area contributed by atoms with E-state index in [0.717, 1.165) is 25.9 Å². The third-order valence-corrected chi connectivity index (χ3v) is 4.57. The molecule has 1 heterocycles. The summed E-state index contributed by atoms with van der Waals surface area (Å²) in [6, 6.07) is 0. The van der Waals surface area contributed by atoms with Gasteiger partial charge in [0.2, 0.25) is 10.0 Å². The monoisotopic (exact) mass is 234 g/mol. The van der Waals surface area contributed by atoms with Crippen LogP contribution in [-0.4, -0.2) is 32.8 Å². The molecule has 0 saturated carbocycles. The first-order valence-corrected chi connectivity index (χ1v) is 7.21. The molecule has 1 aliphatic rings. The first-order chi connectivity index (χ1) is 6.83. The highest BCUT2D eigenvalue weighted by Crippen LogP contribution is 2.18. The van der Waals surface area contributed by atoms with Gasteiger partial charge in [0.1, 0.15) is 0 Å². The van der Waals surface area contributed by atoms with E-state index >= 15 is 0 Å². The molecule has 2 N–H and O–H groups in total. The van der Waals surface area contributed by atoms with Crippen LogP contribution in [0.15, 0.2) is 0 Å². The Bertz CT molecular complexity index is 293. The van der Waals surface area contributed by atoms with Crippen LogP contribution in [-0.2, 0) is 10.0 Å². The number of sulfonamides is 1. The average Bonchev–Trinajstić information content (AvgIpc) is 1.99. The van der Waals surface area contributed by atoms with Gasteiger partial charge in [-0.25, -0.2) is 13.1 Å². The van der Waals surface area contributed by atoms with E-state index < -0.39 is 10.0 Å². The molecule has 0 radical (unpaired) electrons. The Balaban J connectivity index is 2.59. The molecule has 90 valence electrons. The van der Waals surface area contributed by atoms with Gasteiger partial charge in [0.25, 0.3) is 0 Å². The fraction of sp³-hybridized carbons (Fsp3) is 1.00. The minimum atomic E-state index is -3.12. The lowest BCUT2D eigenvalue weighted by molar-refractivity contribution is 0.307. The Kier molecular flexibility index (Phi) is 4.14. The fourth-order valence-electron chi connectivity index (χ4n) is 1.94. The molecule has 15 heavy (non-hydrogen) atoms. The van der Waals surface area contributed by atoms with Crippen LogP contribution in [0.4, 0.5) is 0 Å². The van der Waals surface area contributed by atoms with E-state index in [1.807, 2.05) is 20.8 Å². The number of hydrogen-bond donors (Lipinski definition) is 2. The van der Waals surface area contributed by atoms with Gasteiger partial charge >= 0.3 is 0 Å². The fourth-order valence-corrected chi connectivity index (χ4v) is 3.85. The molecule has 4 nitrogen and oxygen atoms in total. The van der Waals surface area contributed by atoms with E-state index in [9.17, 15) is 8.42 Å². The summed E-state index contributed by atoms with van der Waals surface area (Å²) in [5.74, 6) is 0.392. The van der Waals surface area contributed by atoms with Crippen LogP contribution in [0.3, 0.4) is 0 Å². The van der Waals surface area contributed by atoms with Crippen molar-refractivity contribution in [1.29, 1.82) is 0 Å². The number of rotatable bonds is 4. The van der Waals surface area contributed by atoms with Crippen molar-refractivity contribution >= 4 is 10.0 Å². The van der Waals surface area contributed by atoms with Crippen molar-refractivity contribution in [3.63, 3.8) is 0 Å². The van der Waals surface area contributed by atoms with Crippen LogP contribution in [0.2, 0.25) is 0 Å². The largest absolute Gasteiger partial charge is 0.317 e. The topological polar surface area (TPSA) is 58.2 Å². The Morgan fingerprint density at radius 1 is 1.33 bits per heavy atom. The molecule has 0 unspecified atom stereocenters.